The van der Waals surface area contributed by atoms with Crippen LogP contribution in [0.1, 0.15) is 0 Å². The average molecular weight is 3130 g/mol. The Bertz CT molecular complexity index is 1390. The van der Waals surface area contributed by atoms with Crippen LogP contribution in [0.15, 0.2) is 0 Å². The lowest BCUT2D eigenvalue weighted by molar-refractivity contribution is -0.130. The molecule has 0 spiro atoms. The smallest absolute Gasteiger partial charge is 0.284 e. The molecule has 55 heteroatoms. The second-order valence-corrected chi connectivity index (χ2v) is 42.6. The SMILES string of the molecule is [B]B(I)B(I)B(I)B(I)B(B(I)B(I)B(I)B(I)B(I)B(I)N(B(I)B(I)B(I)B(I)B(I)B(I)B(B(I)B(I)B(I)B([B])I)N(CCOC)C(=O)CO)C(=O)CO)N(CCOC)C(=O)CO. The Hall–Kier alpha value is 14.4. The Balaban J connectivity index is 6.91. The maximum atomic E-state index is 13.9. The molecule has 0 aromatic rings. The van der Waals surface area contributed by atoms with Gasteiger partial charge in [-0.25, -0.2) is 0 Å². The molecule has 0 saturated heterocycles. The van der Waals surface area contributed by atoms with E-state index in [4.69, 9.17) is 24.9 Å². The van der Waals surface area contributed by atoms with E-state index < -0.39 is 19.8 Å². The largest absolute Gasteiger partial charge is 0.423 e. The normalized spacial score (nSPS) is 10.4. The van der Waals surface area contributed by atoms with E-state index in [-0.39, 0.29) is 118 Å². The molecule has 0 atom stereocenters. The van der Waals surface area contributed by atoms with E-state index >= 15 is 0 Å². The molecule has 3 N–H and O–H groups in total. The quantitative estimate of drug-likeness (QED) is 0.0607. The molecule has 0 aliphatic rings. The first-order valence-corrected chi connectivity index (χ1v) is 44.0. The molecule has 346 valence electrons. The number of hydrogen-bond donors (Lipinski definition) is 3. The minimum Gasteiger partial charge on any atom is -0.423 e. The van der Waals surface area contributed by atoms with Gasteiger partial charge >= 0.3 is 0 Å². The van der Waals surface area contributed by atoms with Crippen molar-refractivity contribution in [3.8, 4) is 0 Å². The molecular formula is C12H23B24I20N3O8. The monoisotopic (exact) mass is 3140 g/mol. The molecule has 0 aromatic heterocycles. The van der Waals surface area contributed by atoms with Crippen molar-refractivity contribution in [2.75, 3.05) is 60.3 Å². The molecule has 11 nitrogen and oxygen atoms in total. The highest BCUT2D eigenvalue weighted by Gasteiger charge is 2.59. The van der Waals surface area contributed by atoms with Crippen molar-refractivity contribution < 1.29 is 39.2 Å². The van der Waals surface area contributed by atoms with E-state index in [1.54, 1.807) is 23.8 Å². The lowest BCUT2D eigenvalue weighted by atomic mass is 8.82. The summed E-state index contributed by atoms with van der Waals surface area (Å²) in [4.78, 5) is 44.5. The molecule has 0 unspecified atom stereocenters. The number of nitrogens with zero attached hydrogens (tertiary/aromatic N) is 3. The fourth-order valence-corrected chi connectivity index (χ4v) is 35.5. The van der Waals surface area contributed by atoms with Gasteiger partial charge in [0, 0.05) is 42.8 Å². The van der Waals surface area contributed by atoms with E-state index in [1.165, 1.54) is 0 Å². The first-order chi connectivity index (χ1) is 31.0. The highest BCUT2D eigenvalue weighted by atomic mass is 127. The van der Waals surface area contributed by atoms with Crippen LogP contribution in [-0.4, -0.2) is 224 Å². The van der Waals surface area contributed by atoms with Gasteiger partial charge in [0.2, 0.25) is 39.7 Å². The molecule has 3 amide bonds. The fraction of sp³-hybridized carbons (Fsp3) is 0.750. The zero-order chi connectivity index (χ0) is 52.5. The lowest BCUT2D eigenvalue weighted by Crippen LogP contribution is -2.71. The fourth-order valence-electron chi connectivity index (χ4n) is 6.09. The Kier molecular flexibility index (Phi) is 53.3. The van der Waals surface area contributed by atoms with Crippen LogP contribution < -0.4 is 0 Å². The van der Waals surface area contributed by atoms with Gasteiger partial charge in [0.1, 0.15) is 28.5 Å². The number of carbonyl (C=O) groups excluding carboxylic acids is 3. The Morgan fingerprint density at radius 2 is 0.612 bits per heavy atom. The third-order valence-electron chi connectivity index (χ3n) is 9.75. The number of carbonyl (C=O) groups is 3. The molecule has 4 radical (unpaired) electrons. The second-order valence-electron chi connectivity index (χ2n) is 14.2. The first kappa shape index (κ1) is 81.4. The van der Waals surface area contributed by atoms with Crippen LogP contribution in [0.4, 0.5) is 0 Å². The van der Waals surface area contributed by atoms with Crippen LogP contribution in [0.5, 0.6) is 0 Å². The number of rotatable bonds is 33. The lowest BCUT2D eigenvalue weighted by Gasteiger charge is -2.38. The highest BCUT2D eigenvalue weighted by molar-refractivity contribution is 14.2. The standard InChI is InChI=1S/C12H23B24I20N3O8/c1-66-5-3-57(10(63)7-60)33(27(49)19(41)17(39)15(13)37)29(51)23(45)21(43)25(47)31(53)35(55)59(12(65)9-62)36(56)32(54)26(48)22(44)24(46)30(52)34(28(50)20(42)18(40)16(14)38)58(4-6-67-2)11(64)8-61/h60-62H,3-9H2,1-2H3. The number of aliphatic hydroxyl groups excluding tert-OH is 3. The van der Waals surface area contributed by atoms with Crippen molar-refractivity contribution in [3.63, 3.8) is 0 Å². The Morgan fingerprint density at radius 1 is 0.388 bits per heavy atom. The third-order valence-corrected chi connectivity index (χ3v) is 60.5. The molecular weight excluding hydrogens is 3110 g/mol. The Labute approximate surface area is 677 Å². The summed E-state index contributed by atoms with van der Waals surface area (Å²) >= 11 is 49.1. The van der Waals surface area contributed by atoms with E-state index in [0.29, 0.717) is 26.3 Å². The summed E-state index contributed by atoms with van der Waals surface area (Å²) in [6.45, 7) is -0.920. The molecule has 0 bridgehead atoms. The minimum atomic E-state index is -0.615. The van der Waals surface area contributed by atoms with E-state index in [1.807, 2.05) is 4.72 Å². The van der Waals surface area contributed by atoms with Gasteiger partial charge in [-0.15, -0.1) is 44.7 Å². The number of amides is 3. The molecule has 0 rings (SSSR count). The zero-order valence-corrected chi connectivity index (χ0v) is 77.7. The van der Waals surface area contributed by atoms with Crippen LogP contribution in [0, 0.1) is 0 Å². The molecule has 0 aromatic carbocycles. The van der Waals surface area contributed by atoms with Gasteiger partial charge in [-0.3, -0.25) is 14.4 Å². The Morgan fingerprint density at radius 3 is 0.836 bits per heavy atom. The maximum absolute atomic E-state index is 13.9. The van der Waals surface area contributed by atoms with Gasteiger partial charge in [0.05, 0.1) is 13.2 Å². The van der Waals surface area contributed by atoms with Crippen LogP contribution in [0.3, 0.4) is 0 Å². The maximum Gasteiger partial charge on any atom is 0.284 e. The highest BCUT2D eigenvalue weighted by Crippen LogP contribution is 2.34. The summed E-state index contributed by atoms with van der Waals surface area (Å²) in [7, 11) is 16.0. The summed E-state index contributed by atoms with van der Waals surface area (Å²) in [5.41, 5.74) is 0. The van der Waals surface area contributed by atoms with Gasteiger partial charge in [0.25, 0.3) is 9.19 Å². The van der Waals surface area contributed by atoms with Crippen LogP contribution in [0.25, 0.3) is 0 Å². The van der Waals surface area contributed by atoms with Gasteiger partial charge in [-0.1, -0.05) is 0 Å². The van der Waals surface area contributed by atoms with Crippen molar-refractivity contribution in [3.05, 3.63) is 0 Å². The van der Waals surface area contributed by atoms with Crippen LogP contribution >= 0.6 is 447 Å². The number of methoxy groups -OCH3 is 2. The van der Waals surface area contributed by atoms with Crippen molar-refractivity contribution in [2.45, 2.75) is 0 Å². The van der Waals surface area contributed by atoms with Crippen molar-refractivity contribution in [1.82, 2.24) is 14.3 Å². The number of ether oxygens (including phenoxy) is 2. The third kappa shape index (κ3) is 26.5. The minimum absolute atomic E-state index is 0.000181. The van der Waals surface area contributed by atoms with Gasteiger partial charge < -0.3 is 39.1 Å². The molecule has 67 heavy (non-hydrogen) atoms. The summed E-state index contributed by atoms with van der Waals surface area (Å²) in [6.07, 6.45) is 0. The zero-order valence-electron chi connectivity index (χ0n) is 34.6. The molecule has 0 fully saturated rings. The summed E-state index contributed by atoms with van der Waals surface area (Å²) in [5, 5.41) is 30.8. The van der Waals surface area contributed by atoms with Crippen LogP contribution in [0.2, 0.25) is 0 Å². The van der Waals surface area contributed by atoms with Crippen molar-refractivity contribution >= 4 is 581 Å². The summed E-state index contributed by atoms with van der Waals surface area (Å²) in [6, 6.07) is 0. The summed E-state index contributed by atoms with van der Waals surface area (Å²) in [5.74, 6) is -1.01. The van der Waals surface area contributed by atoms with Gasteiger partial charge in [-0.2, -0.15) is 403 Å². The second kappa shape index (κ2) is 43.9. The number of halogens is 20. The molecule has 0 heterocycles. The number of hydrogen-bond acceptors (Lipinski definition) is 8. The summed E-state index contributed by atoms with van der Waals surface area (Å²) < 4.78 is 12.8. The van der Waals surface area contributed by atoms with E-state index in [2.05, 4.69) is 447 Å². The van der Waals surface area contributed by atoms with Crippen LogP contribution in [-0.2, 0) is 23.9 Å². The average Bonchev–Trinajstić information content (AvgIpc) is 3.31. The predicted molar refractivity (Wildman–Crippen MR) is 494 cm³/mol. The van der Waals surface area contributed by atoms with E-state index in [9.17, 15) is 29.7 Å². The van der Waals surface area contributed by atoms with Gasteiger partial charge in [-0.05, 0) is 0 Å². The van der Waals surface area contributed by atoms with E-state index in [0.717, 1.165) is 0 Å². The first-order valence-electron chi connectivity index (χ1n) is 19.0. The van der Waals surface area contributed by atoms with Crippen molar-refractivity contribution in [1.29, 1.82) is 0 Å². The molecule has 0 saturated carbocycles. The van der Waals surface area contributed by atoms with Gasteiger partial charge in [0.15, 0.2) is 60.9 Å². The number of aliphatic hydroxyl groups is 3. The topological polar surface area (TPSA) is 140 Å². The molecule has 0 aliphatic carbocycles. The van der Waals surface area contributed by atoms with Crippen molar-refractivity contribution in [2.24, 2.45) is 0 Å². The molecule has 0 aliphatic heterocycles. The predicted octanol–water partition coefficient (Wildman–Crippen LogP) is 5.15.